The summed E-state index contributed by atoms with van der Waals surface area (Å²) in [7, 11) is 0. The largest absolute Gasteiger partial charge is 0.478 e. The first-order chi connectivity index (χ1) is 5.57. The summed E-state index contributed by atoms with van der Waals surface area (Å²) in [5.74, 6) is -2.98. The van der Waals surface area contributed by atoms with E-state index in [1.807, 2.05) is 0 Å². The first kappa shape index (κ1) is 12.3. The summed E-state index contributed by atoms with van der Waals surface area (Å²) in [6.45, 7) is 3.50. The van der Waals surface area contributed by atoms with E-state index in [-0.39, 0.29) is 0 Å². The number of carboxylic acids is 2. The van der Waals surface area contributed by atoms with Crippen molar-refractivity contribution in [3.05, 3.63) is 11.6 Å². The number of nitriles is 2. The van der Waals surface area contributed by atoms with Gasteiger partial charge in [0.2, 0.25) is 0 Å². The summed E-state index contributed by atoms with van der Waals surface area (Å²) in [5, 5.41) is 30.5. The number of nitrogens with zero attached hydrogens (tertiary/aromatic N) is 2. The van der Waals surface area contributed by atoms with Gasteiger partial charge in [-0.1, -0.05) is 0 Å². The molecule has 0 aromatic heterocycles. The van der Waals surface area contributed by atoms with Gasteiger partial charge in [-0.2, -0.15) is 5.26 Å². The van der Waals surface area contributed by atoms with Crippen LogP contribution in [-0.4, -0.2) is 22.2 Å². The number of hydrogen-bond acceptors (Lipinski definition) is 4. The molecule has 0 radical (unpaired) electrons. The maximum atomic E-state index is 9.91. The zero-order chi connectivity index (χ0) is 10.1. The molecule has 0 amide bonds. The van der Waals surface area contributed by atoms with Crippen LogP contribution in [0.25, 0.3) is 0 Å². The molecule has 6 nitrogen and oxygen atoms in total. The Hall–Kier alpha value is -2.34. The molecular weight excluding hydrogens is 164 g/mol. The molecule has 0 heterocycles. The highest BCUT2D eigenvalue weighted by Gasteiger charge is 2.06. The van der Waals surface area contributed by atoms with E-state index in [9.17, 15) is 9.59 Å². The van der Waals surface area contributed by atoms with Gasteiger partial charge in [-0.3, -0.25) is 0 Å². The minimum absolute atomic E-state index is 0.336. The maximum Gasteiger partial charge on any atom is 0.346 e. The Morgan fingerprint density at radius 3 is 1.83 bits per heavy atom. The Labute approximate surface area is 67.6 Å². The molecule has 0 atom stereocenters. The molecule has 0 bridgehead atoms. The van der Waals surface area contributed by atoms with Crippen LogP contribution in [0, 0.1) is 23.2 Å². The molecule has 0 aromatic rings. The van der Waals surface area contributed by atoms with Gasteiger partial charge in [0, 0.05) is 12.6 Å². The van der Waals surface area contributed by atoms with Crippen molar-refractivity contribution >= 4 is 11.9 Å². The second kappa shape index (κ2) is 6.78. The third-order valence-electron chi connectivity index (χ3n) is 0.619. The first-order valence-corrected chi connectivity index (χ1v) is 2.41. The van der Waals surface area contributed by atoms with Gasteiger partial charge in [0.05, 0.1) is 0 Å². The number of hydrogen-bond donors (Lipinski definition) is 2. The Bertz CT molecular complexity index is 271. The van der Waals surface area contributed by atoms with Gasteiger partial charge in [0.15, 0.2) is 0 Å². The van der Waals surface area contributed by atoms with E-state index in [1.165, 1.54) is 6.07 Å². The maximum absolute atomic E-state index is 9.91. The van der Waals surface area contributed by atoms with Gasteiger partial charge in [-0.25, -0.2) is 14.9 Å². The summed E-state index contributed by atoms with van der Waals surface area (Å²) in [5.41, 5.74) is -0.785. The molecule has 2 N–H and O–H groups in total. The fraction of sp³-hybridized carbons (Fsp3) is 0. The van der Waals surface area contributed by atoms with Gasteiger partial charge >= 0.3 is 11.9 Å². The Morgan fingerprint density at radius 2 is 1.75 bits per heavy atom. The highest BCUT2D eigenvalue weighted by molar-refractivity contribution is 5.97. The lowest BCUT2D eigenvalue weighted by molar-refractivity contribution is -0.134. The number of carboxylic acid groups (broad SMARTS) is 2. The number of rotatable bonds is 2. The number of aliphatic carboxylic acids is 2. The van der Waals surface area contributed by atoms with Crippen molar-refractivity contribution in [2.45, 2.75) is 0 Å². The molecular formula is C6H4N2O4. The van der Waals surface area contributed by atoms with E-state index >= 15 is 0 Å². The minimum Gasteiger partial charge on any atom is -0.478 e. The fourth-order valence-corrected chi connectivity index (χ4v) is 0.265. The Morgan fingerprint density at radius 1 is 1.33 bits per heavy atom. The summed E-state index contributed by atoms with van der Waals surface area (Å²) in [6.07, 6.45) is 0.336. The molecule has 0 fully saturated rings. The predicted molar refractivity (Wildman–Crippen MR) is 35.6 cm³/mol. The van der Waals surface area contributed by atoms with Crippen LogP contribution >= 0.6 is 0 Å². The van der Waals surface area contributed by atoms with Crippen molar-refractivity contribution in [3.8, 4) is 12.6 Å². The Kier molecular flexibility index (Phi) is 6.97. The van der Waals surface area contributed by atoms with E-state index < -0.39 is 17.5 Å². The van der Waals surface area contributed by atoms with Crippen molar-refractivity contribution < 1.29 is 19.8 Å². The lowest BCUT2D eigenvalue weighted by Crippen LogP contribution is -2.01. The summed E-state index contributed by atoms with van der Waals surface area (Å²) in [4.78, 5) is 19.7. The normalized spacial score (nSPS) is 8.58. The molecule has 12 heavy (non-hydrogen) atoms. The summed E-state index contributed by atoms with van der Waals surface area (Å²) < 4.78 is 0. The van der Waals surface area contributed by atoms with Crippen molar-refractivity contribution in [3.63, 3.8) is 0 Å². The highest BCUT2D eigenvalue weighted by Crippen LogP contribution is 1.90. The predicted octanol–water partition coefficient (Wildman–Crippen LogP) is -0.255. The molecule has 0 aromatic carbocycles. The van der Waals surface area contributed by atoms with Gasteiger partial charge in [-0.15, -0.1) is 0 Å². The van der Waals surface area contributed by atoms with Gasteiger partial charge in [-0.05, 0) is 0 Å². The highest BCUT2D eigenvalue weighted by atomic mass is 16.4. The van der Waals surface area contributed by atoms with Crippen molar-refractivity contribution in [1.29, 1.82) is 10.5 Å². The quantitative estimate of drug-likeness (QED) is 0.432. The van der Waals surface area contributed by atoms with Crippen LogP contribution in [0.15, 0.2) is 11.6 Å². The third-order valence-corrected chi connectivity index (χ3v) is 0.619. The average Bonchev–Trinajstić information content (AvgIpc) is 2.03. The fourth-order valence-electron chi connectivity index (χ4n) is 0.265. The molecule has 0 aliphatic heterocycles. The molecule has 0 rings (SSSR count). The van der Waals surface area contributed by atoms with Gasteiger partial charge in [0.25, 0.3) is 0 Å². The van der Waals surface area contributed by atoms with Crippen molar-refractivity contribution in [2.75, 3.05) is 0 Å². The lowest BCUT2D eigenvalue weighted by atomic mass is 10.3. The van der Waals surface area contributed by atoms with Crippen LogP contribution in [0.3, 0.4) is 0 Å². The average molecular weight is 168 g/mol. The van der Waals surface area contributed by atoms with Crippen LogP contribution in [0.2, 0.25) is 0 Å². The molecule has 0 aliphatic carbocycles. The molecule has 0 saturated heterocycles. The SMILES string of the molecule is C#N.N#C/C(=C/C(=O)O)C(=O)O. The van der Waals surface area contributed by atoms with Gasteiger partial charge < -0.3 is 10.2 Å². The van der Waals surface area contributed by atoms with Crippen molar-refractivity contribution in [1.82, 2.24) is 0 Å². The van der Waals surface area contributed by atoms with E-state index in [2.05, 4.69) is 6.57 Å². The van der Waals surface area contributed by atoms with Crippen LogP contribution in [-0.2, 0) is 9.59 Å². The molecule has 0 aliphatic rings. The van der Waals surface area contributed by atoms with Crippen LogP contribution in [0.1, 0.15) is 0 Å². The van der Waals surface area contributed by atoms with E-state index in [4.69, 9.17) is 20.7 Å². The third kappa shape index (κ3) is 5.79. The standard InChI is InChI=1S/C5H3NO4.CHN/c6-2-3(5(9)10)1-4(7)8;1-2/h1H,(H,7,8)(H,9,10);1H/b3-1-;. The molecule has 0 saturated carbocycles. The molecule has 6 heteroatoms. The molecule has 0 unspecified atom stereocenters. The van der Waals surface area contributed by atoms with E-state index in [1.54, 1.807) is 0 Å². The molecule has 0 spiro atoms. The van der Waals surface area contributed by atoms with Crippen molar-refractivity contribution in [2.24, 2.45) is 0 Å². The first-order valence-electron chi connectivity index (χ1n) is 2.41. The minimum atomic E-state index is -1.54. The lowest BCUT2D eigenvalue weighted by Gasteiger charge is -1.83. The van der Waals surface area contributed by atoms with Gasteiger partial charge in [0.1, 0.15) is 11.6 Å². The van der Waals surface area contributed by atoms with E-state index in [0.717, 1.165) is 0 Å². The summed E-state index contributed by atoms with van der Waals surface area (Å²) >= 11 is 0. The second-order valence-corrected chi connectivity index (χ2v) is 1.31. The second-order valence-electron chi connectivity index (χ2n) is 1.31. The summed E-state index contributed by atoms with van der Waals surface area (Å²) in [6, 6.07) is 1.21. The van der Waals surface area contributed by atoms with E-state index in [0.29, 0.717) is 6.08 Å². The number of carbonyl (C=O) groups is 2. The Balaban J connectivity index is 0. The topological polar surface area (TPSA) is 122 Å². The van der Waals surface area contributed by atoms with Crippen LogP contribution in [0.4, 0.5) is 0 Å². The molecule has 62 valence electrons. The zero-order valence-corrected chi connectivity index (χ0v) is 5.76. The monoisotopic (exact) mass is 168 g/mol. The van der Waals surface area contributed by atoms with Crippen LogP contribution < -0.4 is 0 Å². The zero-order valence-electron chi connectivity index (χ0n) is 5.76. The van der Waals surface area contributed by atoms with Crippen LogP contribution in [0.5, 0.6) is 0 Å². The smallest absolute Gasteiger partial charge is 0.346 e.